The highest BCUT2D eigenvalue weighted by molar-refractivity contribution is 6.32. The molecule has 1 amide bonds. The minimum Gasteiger partial charge on any atom is -0.504 e. The SMILES string of the molecule is CC(=O)c1cnc2ccc(-c3cc(F)c(O)c(Cl)c3)nc2c1NC1CCC(NC(=O)C(C)N)CC1.Cl.Cl. The molecule has 1 aliphatic rings. The molecule has 0 radical (unpaired) electrons. The topological polar surface area (TPSA) is 130 Å². The highest BCUT2D eigenvalue weighted by atomic mass is 35.5. The van der Waals surface area contributed by atoms with E-state index in [1.807, 2.05) is 0 Å². The average Bonchev–Trinajstić information content (AvgIpc) is 2.83. The molecule has 0 bridgehead atoms. The molecule has 3 aromatic rings. The fourth-order valence-corrected chi connectivity index (χ4v) is 4.48. The van der Waals surface area contributed by atoms with Crippen LogP contribution in [0.1, 0.15) is 49.9 Å². The van der Waals surface area contributed by atoms with Crippen LogP contribution in [0.3, 0.4) is 0 Å². The molecule has 0 spiro atoms. The predicted molar refractivity (Wildman–Crippen MR) is 148 cm³/mol. The van der Waals surface area contributed by atoms with Crippen molar-refractivity contribution in [3.8, 4) is 17.0 Å². The van der Waals surface area contributed by atoms with Gasteiger partial charge in [0.25, 0.3) is 0 Å². The summed E-state index contributed by atoms with van der Waals surface area (Å²) in [5, 5.41) is 16.0. The monoisotopic (exact) mass is 571 g/mol. The number of pyridine rings is 2. The predicted octanol–water partition coefficient (Wildman–Crippen LogP) is 5.03. The number of ketones is 1. The molecule has 200 valence electrons. The van der Waals surface area contributed by atoms with Crippen LogP contribution in [0.2, 0.25) is 5.02 Å². The van der Waals surface area contributed by atoms with Crippen LogP contribution >= 0.6 is 36.4 Å². The summed E-state index contributed by atoms with van der Waals surface area (Å²) in [6.07, 6.45) is 4.64. The van der Waals surface area contributed by atoms with Crippen molar-refractivity contribution in [1.29, 1.82) is 0 Å². The van der Waals surface area contributed by atoms with Gasteiger partial charge in [-0.3, -0.25) is 14.6 Å². The average molecular weight is 573 g/mol. The van der Waals surface area contributed by atoms with Gasteiger partial charge in [-0.25, -0.2) is 9.37 Å². The molecular formula is C25H29Cl3FN5O3. The van der Waals surface area contributed by atoms with E-state index >= 15 is 0 Å². The van der Waals surface area contributed by atoms with E-state index in [2.05, 4.69) is 20.6 Å². The van der Waals surface area contributed by atoms with Crippen LogP contribution in [0.5, 0.6) is 5.75 Å². The molecule has 0 saturated heterocycles. The van der Waals surface area contributed by atoms with Crippen molar-refractivity contribution in [2.75, 3.05) is 5.32 Å². The number of hydrogen-bond acceptors (Lipinski definition) is 7. The second-order valence-electron chi connectivity index (χ2n) is 8.95. The Morgan fingerprint density at radius 2 is 1.81 bits per heavy atom. The Morgan fingerprint density at radius 3 is 2.41 bits per heavy atom. The smallest absolute Gasteiger partial charge is 0.236 e. The second kappa shape index (κ2) is 12.7. The van der Waals surface area contributed by atoms with E-state index in [9.17, 15) is 19.1 Å². The molecule has 37 heavy (non-hydrogen) atoms. The fourth-order valence-electron chi connectivity index (χ4n) is 4.27. The van der Waals surface area contributed by atoms with Crippen molar-refractivity contribution in [3.63, 3.8) is 0 Å². The zero-order valence-electron chi connectivity index (χ0n) is 20.3. The molecular weight excluding hydrogens is 544 g/mol. The number of carbonyl (C=O) groups is 2. The number of nitrogens with two attached hydrogens (primary N) is 1. The minimum absolute atomic E-state index is 0. The summed E-state index contributed by atoms with van der Waals surface area (Å²) >= 11 is 5.95. The van der Waals surface area contributed by atoms with Gasteiger partial charge in [0.2, 0.25) is 5.91 Å². The van der Waals surface area contributed by atoms with E-state index in [-0.39, 0.29) is 53.6 Å². The zero-order valence-corrected chi connectivity index (χ0v) is 22.6. The van der Waals surface area contributed by atoms with Crippen LogP contribution in [-0.2, 0) is 4.79 Å². The van der Waals surface area contributed by atoms with E-state index < -0.39 is 17.6 Å². The number of nitrogens with one attached hydrogen (secondary N) is 2. The number of amides is 1. The van der Waals surface area contributed by atoms with Gasteiger partial charge >= 0.3 is 0 Å². The van der Waals surface area contributed by atoms with Crippen molar-refractivity contribution in [2.24, 2.45) is 5.73 Å². The lowest BCUT2D eigenvalue weighted by atomic mass is 9.90. The first-order valence-corrected chi connectivity index (χ1v) is 11.8. The molecule has 1 fully saturated rings. The summed E-state index contributed by atoms with van der Waals surface area (Å²) in [4.78, 5) is 33.4. The summed E-state index contributed by atoms with van der Waals surface area (Å²) in [6, 6.07) is 5.58. The Morgan fingerprint density at radius 1 is 1.16 bits per heavy atom. The largest absolute Gasteiger partial charge is 0.504 e. The Hall–Kier alpha value is -2.72. The van der Waals surface area contributed by atoms with Crippen molar-refractivity contribution < 1.29 is 19.1 Å². The molecule has 2 heterocycles. The maximum Gasteiger partial charge on any atom is 0.236 e. The van der Waals surface area contributed by atoms with Gasteiger partial charge in [0.1, 0.15) is 5.52 Å². The maximum absolute atomic E-state index is 14.1. The number of nitrogens with zero attached hydrogens (tertiary/aromatic N) is 2. The normalized spacial score (nSPS) is 17.8. The van der Waals surface area contributed by atoms with Crippen molar-refractivity contribution in [1.82, 2.24) is 15.3 Å². The number of halogens is 4. The quantitative estimate of drug-likeness (QED) is 0.305. The van der Waals surface area contributed by atoms with E-state index in [4.69, 9.17) is 17.3 Å². The molecule has 1 aromatic carbocycles. The van der Waals surface area contributed by atoms with Gasteiger partial charge in [-0.15, -0.1) is 24.8 Å². The van der Waals surface area contributed by atoms with E-state index in [1.165, 1.54) is 19.2 Å². The Kier molecular flexibility index (Phi) is 10.5. The molecule has 12 heteroatoms. The number of hydrogen-bond donors (Lipinski definition) is 4. The number of benzene rings is 1. The molecule has 1 atom stereocenters. The Labute approximate surface area is 231 Å². The Balaban J connectivity index is 0.00000241. The molecule has 1 unspecified atom stereocenters. The molecule has 4 rings (SSSR count). The summed E-state index contributed by atoms with van der Waals surface area (Å²) in [5.41, 5.74) is 8.48. The van der Waals surface area contributed by atoms with Crippen LogP contribution in [0, 0.1) is 5.82 Å². The molecule has 2 aromatic heterocycles. The van der Waals surface area contributed by atoms with Gasteiger partial charge in [0.05, 0.1) is 33.5 Å². The maximum atomic E-state index is 14.1. The summed E-state index contributed by atoms with van der Waals surface area (Å²) in [6.45, 7) is 3.12. The van der Waals surface area contributed by atoms with Crippen molar-refractivity contribution in [2.45, 2.75) is 57.7 Å². The standard InChI is InChI=1S/C25H27ClFN5O3.2ClH/c1-12(28)25(35)31-16-5-3-15(4-6-16)30-22-17(13(2)33)11-29-21-8-7-20(32-23(21)22)14-9-18(26)24(34)19(27)10-14;;/h7-12,15-16,34H,3-6,28H2,1-2H3,(H,29,30)(H,31,35);2*1H. The fraction of sp³-hybridized carbons (Fsp3) is 0.360. The van der Waals surface area contributed by atoms with Crippen molar-refractivity contribution in [3.05, 3.63) is 46.9 Å². The van der Waals surface area contributed by atoms with E-state index in [0.29, 0.717) is 33.5 Å². The van der Waals surface area contributed by atoms with Crippen molar-refractivity contribution >= 4 is 64.8 Å². The number of phenolic OH excluding ortho intramolecular Hbond substituents is 1. The Bertz CT molecular complexity index is 1280. The number of phenols is 1. The van der Waals surface area contributed by atoms with Gasteiger partial charge < -0.3 is 21.5 Å². The third kappa shape index (κ3) is 6.78. The third-order valence-corrected chi connectivity index (χ3v) is 6.53. The number of carbonyl (C=O) groups excluding carboxylic acids is 2. The van der Waals surface area contributed by atoms with Crippen LogP contribution in [0.15, 0.2) is 30.5 Å². The lowest BCUT2D eigenvalue weighted by molar-refractivity contribution is -0.122. The number of Topliss-reactive ketones (excluding diaryl/α,β-unsaturated/α-hetero) is 1. The summed E-state index contributed by atoms with van der Waals surface area (Å²) in [5.74, 6) is -1.79. The summed E-state index contributed by atoms with van der Waals surface area (Å²) < 4.78 is 14.1. The first kappa shape index (κ1) is 30.5. The van der Waals surface area contributed by atoms with Gasteiger partial charge in [-0.2, -0.15) is 0 Å². The molecule has 1 aliphatic carbocycles. The summed E-state index contributed by atoms with van der Waals surface area (Å²) in [7, 11) is 0. The molecule has 5 N–H and O–H groups in total. The molecule has 8 nitrogen and oxygen atoms in total. The second-order valence-corrected chi connectivity index (χ2v) is 9.35. The number of aromatic hydroxyl groups is 1. The highest BCUT2D eigenvalue weighted by Gasteiger charge is 2.25. The number of fused-ring (bicyclic) bond motifs is 1. The van der Waals surface area contributed by atoms with Gasteiger partial charge in [-0.05, 0) is 63.8 Å². The van der Waals surface area contributed by atoms with Crippen LogP contribution in [0.4, 0.5) is 10.1 Å². The number of aromatic nitrogens is 2. The highest BCUT2D eigenvalue weighted by Crippen LogP contribution is 2.34. The van der Waals surface area contributed by atoms with Crippen LogP contribution < -0.4 is 16.4 Å². The first-order valence-electron chi connectivity index (χ1n) is 11.5. The van der Waals surface area contributed by atoms with Gasteiger partial charge in [-0.1, -0.05) is 11.6 Å². The lowest BCUT2D eigenvalue weighted by Crippen LogP contribution is -2.46. The molecule has 1 saturated carbocycles. The van der Waals surface area contributed by atoms with Crippen LogP contribution in [-0.4, -0.2) is 44.9 Å². The third-order valence-electron chi connectivity index (χ3n) is 6.24. The van der Waals surface area contributed by atoms with Gasteiger partial charge in [0.15, 0.2) is 17.3 Å². The van der Waals surface area contributed by atoms with E-state index in [1.54, 1.807) is 19.1 Å². The number of anilines is 1. The zero-order chi connectivity index (χ0) is 25.3. The number of rotatable bonds is 6. The van der Waals surface area contributed by atoms with Gasteiger partial charge in [0, 0.05) is 23.8 Å². The minimum atomic E-state index is -0.851. The van der Waals surface area contributed by atoms with Crippen LogP contribution in [0.25, 0.3) is 22.3 Å². The lowest BCUT2D eigenvalue weighted by Gasteiger charge is -2.31. The van der Waals surface area contributed by atoms with E-state index in [0.717, 1.165) is 31.7 Å². The first-order chi connectivity index (χ1) is 16.6. The molecule has 0 aliphatic heterocycles.